The molecule has 0 fully saturated rings. The SMILES string of the molecule is CSCCNC(=NCc1ccc([N+](=O)[O-])cc1)NCc1ccco1.I. The number of benzene rings is 1. The highest BCUT2D eigenvalue weighted by Crippen LogP contribution is 2.12. The third-order valence-corrected chi connectivity index (χ3v) is 3.79. The lowest BCUT2D eigenvalue weighted by molar-refractivity contribution is -0.384. The van der Waals surface area contributed by atoms with Crippen molar-refractivity contribution in [3.8, 4) is 0 Å². The Bertz CT molecular complexity index is 663. The molecule has 0 radical (unpaired) electrons. The Morgan fingerprint density at radius 2 is 2.04 bits per heavy atom. The van der Waals surface area contributed by atoms with Crippen LogP contribution in [0.2, 0.25) is 0 Å². The molecular formula is C16H21IN4O3S. The highest BCUT2D eigenvalue weighted by atomic mass is 127. The fourth-order valence-electron chi connectivity index (χ4n) is 1.92. The summed E-state index contributed by atoms with van der Waals surface area (Å²) in [5, 5.41) is 17.1. The summed E-state index contributed by atoms with van der Waals surface area (Å²) in [6, 6.07) is 10.1. The minimum absolute atomic E-state index is 0. The first kappa shape index (κ1) is 21.3. The maximum absolute atomic E-state index is 10.7. The molecule has 2 aromatic rings. The largest absolute Gasteiger partial charge is 0.467 e. The van der Waals surface area contributed by atoms with Crippen LogP contribution in [-0.2, 0) is 13.1 Å². The van der Waals surface area contributed by atoms with E-state index in [9.17, 15) is 10.1 Å². The zero-order valence-corrected chi connectivity index (χ0v) is 17.0. The van der Waals surface area contributed by atoms with Gasteiger partial charge in [-0.3, -0.25) is 10.1 Å². The standard InChI is InChI=1S/C16H20N4O3S.HI/c1-24-10-8-17-16(19-12-15-3-2-9-23-15)18-11-13-4-6-14(7-5-13)20(21)22;/h2-7,9H,8,10-12H2,1H3,(H2,17,18,19);1H. The van der Waals surface area contributed by atoms with Crippen molar-refractivity contribution in [2.45, 2.75) is 13.1 Å². The topological polar surface area (TPSA) is 92.7 Å². The third-order valence-electron chi connectivity index (χ3n) is 3.18. The zero-order valence-electron chi connectivity index (χ0n) is 13.8. The van der Waals surface area contributed by atoms with Gasteiger partial charge in [0.1, 0.15) is 5.76 Å². The van der Waals surface area contributed by atoms with Crippen LogP contribution in [0.5, 0.6) is 0 Å². The predicted molar refractivity (Wildman–Crippen MR) is 112 cm³/mol. The van der Waals surface area contributed by atoms with Crippen molar-refractivity contribution in [2.24, 2.45) is 4.99 Å². The Morgan fingerprint density at radius 3 is 2.64 bits per heavy atom. The van der Waals surface area contributed by atoms with Gasteiger partial charge in [0.2, 0.25) is 0 Å². The number of nitro benzene ring substituents is 1. The van der Waals surface area contributed by atoms with E-state index in [-0.39, 0.29) is 29.7 Å². The molecule has 2 N–H and O–H groups in total. The summed E-state index contributed by atoms with van der Waals surface area (Å²) in [5.41, 5.74) is 0.988. The van der Waals surface area contributed by atoms with Gasteiger partial charge in [0, 0.05) is 24.4 Å². The number of nitrogens with zero attached hydrogens (tertiary/aromatic N) is 2. The number of rotatable bonds is 8. The maximum Gasteiger partial charge on any atom is 0.269 e. The fraction of sp³-hybridized carbons (Fsp3) is 0.312. The summed E-state index contributed by atoms with van der Waals surface area (Å²) in [6.07, 6.45) is 3.68. The number of aliphatic imine (C=N–C) groups is 1. The zero-order chi connectivity index (χ0) is 17.2. The average Bonchev–Trinajstić information content (AvgIpc) is 3.11. The number of non-ortho nitro benzene ring substituents is 1. The van der Waals surface area contributed by atoms with E-state index in [1.54, 1.807) is 30.2 Å². The van der Waals surface area contributed by atoms with E-state index in [0.29, 0.717) is 19.0 Å². The number of guanidine groups is 1. The van der Waals surface area contributed by atoms with E-state index in [1.807, 2.05) is 18.4 Å². The molecule has 0 aliphatic rings. The molecule has 0 aliphatic carbocycles. The van der Waals surface area contributed by atoms with Crippen molar-refractivity contribution in [3.05, 3.63) is 64.1 Å². The molecule has 1 aromatic heterocycles. The molecule has 1 aromatic carbocycles. The van der Waals surface area contributed by atoms with E-state index >= 15 is 0 Å². The van der Waals surface area contributed by atoms with Gasteiger partial charge in [0.25, 0.3) is 5.69 Å². The van der Waals surface area contributed by atoms with Crippen molar-refractivity contribution in [2.75, 3.05) is 18.6 Å². The highest BCUT2D eigenvalue weighted by Gasteiger charge is 2.04. The summed E-state index contributed by atoms with van der Waals surface area (Å²) in [5.74, 6) is 2.47. The van der Waals surface area contributed by atoms with Crippen molar-refractivity contribution in [1.82, 2.24) is 10.6 Å². The van der Waals surface area contributed by atoms with E-state index in [2.05, 4.69) is 15.6 Å². The number of hydrogen-bond donors (Lipinski definition) is 2. The second-order valence-electron chi connectivity index (χ2n) is 4.94. The normalized spacial score (nSPS) is 10.8. The van der Waals surface area contributed by atoms with Crippen molar-refractivity contribution in [3.63, 3.8) is 0 Å². The number of halogens is 1. The lowest BCUT2D eigenvalue weighted by Gasteiger charge is -2.11. The molecule has 0 unspecified atom stereocenters. The predicted octanol–water partition coefficient (Wildman–Crippen LogP) is 3.40. The van der Waals surface area contributed by atoms with Gasteiger partial charge < -0.3 is 15.1 Å². The summed E-state index contributed by atoms with van der Waals surface area (Å²) in [7, 11) is 0. The van der Waals surface area contributed by atoms with Gasteiger partial charge in [-0.1, -0.05) is 12.1 Å². The van der Waals surface area contributed by atoms with Crippen LogP contribution in [0.4, 0.5) is 5.69 Å². The highest BCUT2D eigenvalue weighted by molar-refractivity contribution is 14.0. The van der Waals surface area contributed by atoms with Crippen LogP contribution < -0.4 is 10.6 Å². The average molecular weight is 476 g/mol. The molecule has 2 rings (SSSR count). The van der Waals surface area contributed by atoms with Gasteiger partial charge >= 0.3 is 0 Å². The fourth-order valence-corrected chi connectivity index (χ4v) is 2.23. The van der Waals surface area contributed by atoms with Crippen molar-refractivity contribution < 1.29 is 9.34 Å². The molecule has 25 heavy (non-hydrogen) atoms. The molecule has 0 saturated carbocycles. The minimum Gasteiger partial charge on any atom is -0.467 e. The molecule has 1 heterocycles. The Hall–Kier alpha value is -1.75. The molecule has 0 bridgehead atoms. The first-order valence-corrected chi connectivity index (χ1v) is 8.85. The van der Waals surface area contributed by atoms with Crippen LogP contribution in [0, 0.1) is 10.1 Å². The second kappa shape index (κ2) is 11.7. The first-order chi connectivity index (χ1) is 11.7. The quantitative estimate of drug-likeness (QED) is 0.152. The number of furan rings is 1. The van der Waals surface area contributed by atoms with Gasteiger partial charge in [-0.15, -0.1) is 24.0 Å². The number of hydrogen-bond acceptors (Lipinski definition) is 5. The van der Waals surface area contributed by atoms with Gasteiger partial charge in [0.15, 0.2) is 5.96 Å². The monoisotopic (exact) mass is 476 g/mol. The van der Waals surface area contributed by atoms with Gasteiger partial charge in [-0.2, -0.15) is 11.8 Å². The van der Waals surface area contributed by atoms with Gasteiger partial charge in [-0.05, 0) is 24.0 Å². The maximum atomic E-state index is 10.7. The Balaban J connectivity index is 0.00000312. The minimum atomic E-state index is -0.409. The number of nitrogens with one attached hydrogen (secondary N) is 2. The molecule has 0 atom stereocenters. The second-order valence-corrected chi connectivity index (χ2v) is 5.93. The smallest absolute Gasteiger partial charge is 0.269 e. The van der Waals surface area contributed by atoms with Gasteiger partial charge in [0.05, 0.1) is 24.3 Å². The Labute approximate surface area is 167 Å². The Kier molecular flexibility index (Phi) is 10.0. The molecule has 9 heteroatoms. The molecular weight excluding hydrogens is 455 g/mol. The lowest BCUT2D eigenvalue weighted by atomic mass is 10.2. The van der Waals surface area contributed by atoms with Crippen molar-refractivity contribution >= 4 is 47.4 Å². The molecule has 0 saturated heterocycles. The molecule has 0 spiro atoms. The molecule has 0 aliphatic heterocycles. The third kappa shape index (κ3) is 7.78. The summed E-state index contributed by atoms with van der Waals surface area (Å²) in [6.45, 7) is 1.77. The molecule has 136 valence electrons. The van der Waals surface area contributed by atoms with Crippen molar-refractivity contribution in [1.29, 1.82) is 0 Å². The van der Waals surface area contributed by atoms with E-state index in [0.717, 1.165) is 23.6 Å². The van der Waals surface area contributed by atoms with E-state index in [1.165, 1.54) is 12.1 Å². The van der Waals surface area contributed by atoms with Crippen LogP contribution in [0.15, 0.2) is 52.1 Å². The Morgan fingerprint density at radius 1 is 1.28 bits per heavy atom. The first-order valence-electron chi connectivity index (χ1n) is 7.46. The molecule has 7 nitrogen and oxygen atoms in total. The van der Waals surface area contributed by atoms with Crippen LogP contribution in [0.3, 0.4) is 0 Å². The summed E-state index contributed by atoms with van der Waals surface area (Å²) >= 11 is 1.75. The summed E-state index contributed by atoms with van der Waals surface area (Å²) in [4.78, 5) is 14.8. The van der Waals surface area contributed by atoms with Crippen LogP contribution in [0.1, 0.15) is 11.3 Å². The van der Waals surface area contributed by atoms with Crippen LogP contribution in [0.25, 0.3) is 0 Å². The van der Waals surface area contributed by atoms with Crippen LogP contribution >= 0.6 is 35.7 Å². The van der Waals surface area contributed by atoms with Gasteiger partial charge in [-0.25, -0.2) is 4.99 Å². The molecule has 0 amide bonds. The van der Waals surface area contributed by atoms with E-state index in [4.69, 9.17) is 4.42 Å². The number of thioether (sulfide) groups is 1. The lowest BCUT2D eigenvalue weighted by Crippen LogP contribution is -2.38. The summed E-state index contributed by atoms with van der Waals surface area (Å²) < 4.78 is 5.29. The van der Waals surface area contributed by atoms with E-state index < -0.39 is 4.92 Å². The van der Waals surface area contributed by atoms with Crippen LogP contribution in [-0.4, -0.2) is 29.4 Å². The number of nitro groups is 1.